The average Bonchev–Trinajstić information content (AvgIpc) is 2.32. The summed E-state index contributed by atoms with van der Waals surface area (Å²) >= 11 is 12.1. The molecule has 1 aliphatic carbocycles. The van der Waals surface area contributed by atoms with E-state index in [1.54, 1.807) is 0 Å². The Morgan fingerprint density at radius 3 is 2.88 bits per heavy atom. The number of hydrogen-bond acceptors (Lipinski definition) is 1. The molecule has 1 nitrogen and oxygen atoms in total. The Bertz CT molecular complexity index is 388. The second-order valence-electron chi connectivity index (χ2n) is 4.08. The van der Waals surface area contributed by atoms with Crippen LogP contribution in [0.1, 0.15) is 24.8 Å². The Morgan fingerprint density at radius 2 is 2.12 bits per heavy atom. The molecule has 0 spiro atoms. The highest BCUT2D eigenvalue weighted by atomic mass is 35.5. The molecule has 1 aromatic rings. The first-order valence-electron chi connectivity index (χ1n) is 5.58. The summed E-state index contributed by atoms with van der Waals surface area (Å²) in [6.45, 7) is 0.790. The molecule has 86 valence electrons. The van der Waals surface area contributed by atoms with Gasteiger partial charge in [-0.25, -0.2) is 0 Å². The summed E-state index contributed by atoms with van der Waals surface area (Å²) in [5.41, 5.74) is 1.07. The van der Waals surface area contributed by atoms with Gasteiger partial charge < -0.3 is 5.32 Å². The molecule has 0 radical (unpaired) electrons. The molecule has 0 aliphatic heterocycles. The number of nitrogens with one attached hydrogen (secondary N) is 1. The molecule has 16 heavy (non-hydrogen) atoms. The van der Waals surface area contributed by atoms with Crippen LogP contribution in [0.2, 0.25) is 10.0 Å². The van der Waals surface area contributed by atoms with E-state index >= 15 is 0 Å². The summed E-state index contributed by atoms with van der Waals surface area (Å²) in [6.07, 6.45) is 7.96. The second-order valence-corrected chi connectivity index (χ2v) is 4.86. The first-order chi connectivity index (χ1) is 7.77. The van der Waals surface area contributed by atoms with Crippen LogP contribution >= 0.6 is 23.2 Å². The Kier molecular flexibility index (Phi) is 4.28. The standard InChI is InChI=1S/C13H15Cl2N/c14-12-8-4-5-10(13(12)15)9-16-11-6-2-1-3-7-11/h1-2,4-5,8,11,16H,3,6-7,9H2. The van der Waals surface area contributed by atoms with Crippen LogP contribution in [0.5, 0.6) is 0 Å². The van der Waals surface area contributed by atoms with Crippen LogP contribution in [-0.4, -0.2) is 6.04 Å². The maximum Gasteiger partial charge on any atom is 0.0637 e. The Hall–Kier alpha value is -0.500. The zero-order chi connectivity index (χ0) is 11.4. The molecule has 0 bridgehead atoms. The minimum Gasteiger partial charge on any atom is -0.310 e. The van der Waals surface area contributed by atoms with Crippen molar-refractivity contribution in [1.82, 2.24) is 5.32 Å². The van der Waals surface area contributed by atoms with Gasteiger partial charge in [-0.3, -0.25) is 0 Å². The van der Waals surface area contributed by atoms with Crippen molar-refractivity contribution in [2.45, 2.75) is 31.8 Å². The van der Waals surface area contributed by atoms with E-state index in [0.717, 1.165) is 18.5 Å². The van der Waals surface area contributed by atoms with Gasteiger partial charge in [0.05, 0.1) is 10.0 Å². The summed E-state index contributed by atoms with van der Waals surface area (Å²) in [6, 6.07) is 6.34. The summed E-state index contributed by atoms with van der Waals surface area (Å²) in [5.74, 6) is 0. The zero-order valence-corrected chi connectivity index (χ0v) is 10.6. The molecule has 1 N–H and O–H groups in total. The van der Waals surface area contributed by atoms with Crippen LogP contribution in [-0.2, 0) is 6.54 Å². The summed E-state index contributed by atoms with van der Waals surface area (Å²) in [4.78, 5) is 0. The average molecular weight is 256 g/mol. The molecule has 1 aromatic carbocycles. The molecule has 1 unspecified atom stereocenters. The minimum atomic E-state index is 0.569. The highest BCUT2D eigenvalue weighted by molar-refractivity contribution is 6.42. The predicted octanol–water partition coefficient (Wildman–Crippen LogP) is 4.19. The lowest BCUT2D eigenvalue weighted by molar-refractivity contribution is 0.474. The van der Waals surface area contributed by atoms with Gasteiger partial charge in [-0.05, 0) is 30.9 Å². The topological polar surface area (TPSA) is 12.0 Å². The summed E-state index contributed by atoms with van der Waals surface area (Å²) < 4.78 is 0. The van der Waals surface area contributed by atoms with Gasteiger partial charge in [0.1, 0.15) is 0 Å². The monoisotopic (exact) mass is 255 g/mol. The molecule has 0 saturated carbocycles. The van der Waals surface area contributed by atoms with Crippen LogP contribution in [0, 0.1) is 0 Å². The first kappa shape index (κ1) is 12.0. The van der Waals surface area contributed by atoms with E-state index in [4.69, 9.17) is 23.2 Å². The van der Waals surface area contributed by atoms with E-state index in [0.29, 0.717) is 16.1 Å². The summed E-state index contributed by atoms with van der Waals surface area (Å²) in [7, 11) is 0. The molecule has 2 rings (SSSR count). The maximum atomic E-state index is 6.12. The van der Waals surface area contributed by atoms with Crippen LogP contribution in [0.3, 0.4) is 0 Å². The van der Waals surface area contributed by atoms with Gasteiger partial charge in [0.2, 0.25) is 0 Å². The minimum absolute atomic E-state index is 0.569. The van der Waals surface area contributed by atoms with Gasteiger partial charge in [-0.1, -0.05) is 47.5 Å². The van der Waals surface area contributed by atoms with Crippen molar-refractivity contribution in [3.63, 3.8) is 0 Å². The third kappa shape index (κ3) is 3.00. The highest BCUT2D eigenvalue weighted by Crippen LogP contribution is 2.25. The van der Waals surface area contributed by atoms with E-state index < -0.39 is 0 Å². The van der Waals surface area contributed by atoms with Crippen molar-refractivity contribution < 1.29 is 0 Å². The van der Waals surface area contributed by atoms with Crippen LogP contribution in [0.4, 0.5) is 0 Å². The van der Waals surface area contributed by atoms with E-state index in [9.17, 15) is 0 Å². The number of rotatable bonds is 3. The lowest BCUT2D eigenvalue weighted by Crippen LogP contribution is -2.29. The first-order valence-corrected chi connectivity index (χ1v) is 6.34. The van der Waals surface area contributed by atoms with Crippen molar-refractivity contribution in [3.8, 4) is 0 Å². The third-order valence-electron chi connectivity index (χ3n) is 2.88. The fraction of sp³-hybridized carbons (Fsp3) is 0.385. The molecule has 0 aromatic heterocycles. The van der Waals surface area contributed by atoms with E-state index in [1.807, 2.05) is 18.2 Å². The molecule has 0 heterocycles. The van der Waals surface area contributed by atoms with Gasteiger partial charge in [0.25, 0.3) is 0 Å². The van der Waals surface area contributed by atoms with Gasteiger partial charge in [-0.15, -0.1) is 0 Å². The highest BCUT2D eigenvalue weighted by Gasteiger charge is 2.10. The van der Waals surface area contributed by atoms with Crippen LogP contribution < -0.4 is 5.32 Å². The lowest BCUT2D eigenvalue weighted by Gasteiger charge is -2.19. The van der Waals surface area contributed by atoms with E-state index in [1.165, 1.54) is 12.8 Å². The molecule has 0 saturated heterocycles. The van der Waals surface area contributed by atoms with Crippen molar-refractivity contribution in [1.29, 1.82) is 0 Å². The van der Waals surface area contributed by atoms with Crippen LogP contribution in [0.25, 0.3) is 0 Å². The molecular formula is C13H15Cl2N. The fourth-order valence-corrected chi connectivity index (χ4v) is 2.31. The van der Waals surface area contributed by atoms with Gasteiger partial charge in [-0.2, -0.15) is 0 Å². The Morgan fingerprint density at radius 1 is 1.25 bits per heavy atom. The number of allylic oxidation sites excluding steroid dienone is 1. The van der Waals surface area contributed by atoms with Gasteiger partial charge >= 0.3 is 0 Å². The zero-order valence-electron chi connectivity index (χ0n) is 9.05. The summed E-state index contributed by atoms with van der Waals surface area (Å²) in [5, 5.41) is 4.81. The number of benzene rings is 1. The lowest BCUT2D eigenvalue weighted by atomic mass is 10.0. The molecule has 0 fully saturated rings. The van der Waals surface area contributed by atoms with E-state index in [-0.39, 0.29) is 0 Å². The fourth-order valence-electron chi connectivity index (χ4n) is 1.92. The van der Waals surface area contributed by atoms with Gasteiger partial charge in [0, 0.05) is 12.6 Å². The van der Waals surface area contributed by atoms with Gasteiger partial charge in [0.15, 0.2) is 0 Å². The van der Waals surface area contributed by atoms with Crippen molar-refractivity contribution in [2.24, 2.45) is 0 Å². The number of halogens is 2. The maximum absolute atomic E-state index is 6.12. The second kappa shape index (κ2) is 5.72. The largest absolute Gasteiger partial charge is 0.310 e. The smallest absolute Gasteiger partial charge is 0.0637 e. The van der Waals surface area contributed by atoms with Crippen molar-refractivity contribution in [2.75, 3.05) is 0 Å². The molecule has 0 amide bonds. The Labute approximate surface area is 106 Å². The van der Waals surface area contributed by atoms with Crippen LogP contribution in [0.15, 0.2) is 30.4 Å². The predicted molar refractivity (Wildman–Crippen MR) is 70.1 cm³/mol. The quantitative estimate of drug-likeness (QED) is 0.799. The third-order valence-corrected chi connectivity index (χ3v) is 3.74. The molecule has 1 aliphatic rings. The SMILES string of the molecule is Clc1cccc(CNC2CC=CCC2)c1Cl. The Balaban J connectivity index is 1.94. The molecule has 1 atom stereocenters. The number of hydrogen-bond donors (Lipinski definition) is 1. The molecule has 3 heteroatoms. The van der Waals surface area contributed by atoms with E-state index in [2.05, 4.69) is 17.5 Å². The molecular weight excluding hydrogens is 241 g/mol. The normalized spacial score (nSPS) is 20.0. The van der Waals surface area contributed by atoms with Crippen molar-refractivity contribution >= 4 is 23.2 Å². The van der Waals surface area contributed by atoms with Crippen molar-refractivity contribution in [3.05, 3.63) is 46.0 Å².